The van der Waals surface area contributed by atoms with E-state index in [4.69, 9.17) is 0 Å². The monoisotopic (exact) mass is 277 g/mol. The zero-order valence-corrected chi connectivity index (χ0v) is 12.9. The molecule has 0 amide bonds. The topological polar surface area (TPSA) is 52.5 Å². The largest absolute Gasteiger partial charge is 0.507 e. The molecule has 3 N–H and O–H groups in total. The molecule has 1 aliphatic carbocycles. The molecule has 0 bridgehead atoms. The molecule has 112 valence electrons. The van der Waals surface area contributed by atoms with Gasteiger partial charge in [-0.15, -0.1) is 0 Å². The van der Waals surface area contributed by atoms with Gasteiger partial charge in [-0.25, -0.2) is 0 Å². The molecule has 0 aliphatic heterocycles. The highest BCUT2D eigenvalue weighted by molar-refractivity contribution is 5.42. The van der Waals surface area contributed by atoms with Crippen LogP contribution in [0.1, 0.15) is 49.3 Å². The summed E-state index contributed by atoms with van der Waals surface area (Å²) < 4.78 is 0. The molecule has 1 aliphatic rings. The highest BCUT2D eigenvalue weighted by Gasteiger charge is 2.32. The molecule has 3 heteroatoms. The van der Waals surface area contributed by atoms with Gasteiger partial charge in [0.1, 0.15) is 5.75 Å². The van der Waals surface area contributed by atoms with Crippen LogP contribution in [0.3, 0.4) is 0 Å². The molecule has 0 saturated heterocycles. The molecule has 1 saturated carbocycles. The molecule has 0 heterocycles. The summed E-state index contributed by atoms with van der Waals surface area (Å²) >= 11 is 0. The molecular weight excluding hydrogens is 250 g/mol. The fourth-order valence-electron chi connectivity index (χ4n) is 3.14. The molecule has 0 atom stereocenters. The number of rotatable bonds is 4. The molecule has 0 unspecified atom stereocenters. The molecular formula is C17H27NO2. The lowest BCUT2D eigenvalue weighted by molar-refractivity contribution is 0.104. The van der Waals surface area contributed by atoms with Crippen LogP contribution in [0.15, 0.2) is 12.1 Å². The van der Waals surface area contributed by atoms with E-state index in [1.807, 2.05) is 26.0 Å². The lowest BCUT2D eigenvalue weighted by Gasteiger charge is -2.39. The van der Waals surface area contributed by atoms with Crippen molar-refractivity contribution in [2.45, 2.75) is 58.5 Å². The first-order chi connectivity index (χ1) is 9.46. The fourth-order valence-corrected chi connectivity index (χ4v) is 3.14. The number of aryl methyl sites for hydroxylation is 2. The Balaban J connectivity index is 2.03. The molecule has 20 heavy (non-hydrogen) atoms. The Hall–Kier alpha value is -1.06. The third kappa shape index (κ3) is 3.33. The molecule has 0 aromatic heterocycles. The van der Waals surface area contributed by atoms with Crippen molar-refractivity contribution in [1.82, 2.24) is 5.32 Å². The number of aliphatic hydroxyl groups is 1. The quantitative estimate of drug-likeness (QED) is 0.793. The molecule has 1 aromatic carbocycles. The van der Waals surface area contributed by atoms with E-state index in [1.54, 1.807) is 0 Å². The van der Waals surface area contributed by atoms with Gasteiger partial charge in [0.25, 0.3) is 0 Å². The number of hydrogen-bond acceptors (Lipinski definition) is 3. The molecule has 1 fully saturated rings. The van der Waals surface area contributed by atoms with Crippen LogP contribution in [0, 0.1) is 19.8 Å². The smallest absolute Gasteiger partial charge is 0.121 e. The van der Waals surface area contributed by atoms with E-state index in [-0.39, 0.29) is 12.1 Å². The molecule has 0 radical (unpaired) electrons. The normalized spacial score (nSPS) is 26.7. The minimum Gasteiger partial charge on any atom is -0.507 e. The van der Waals surface area contributed by atoms with Crippen LogP contribution in [0.2, 0.25) is 0 Å². The minimum atomic E-state index is -0.119. The lowest BCUT2D eigenvalue weighted by atomic mass is 9.77. The van der Waals surface area contributed by atoms with Gasteiger partial charge in [-0.1, -0.05) is 19.1 Å². The number of hydrogen-bond donors (Lipinski definition) is 3. The SMILES string of the molecule is Cc1cc(CNC2(CO)CCC(C)CC2)cc(C)c1O. The van der Waals surface area contributed by atoms with Gasteiger partial charge in [0, 0.05) is 12.1 Å². The van der Waals surface area contributed by atoms with Gasteiger partial charge in [-0.3, -0.25) is 0 Å². The predicted molar refractivity (Wildman–Crippen MR) is 81.9 cm³/mol. The van der Waals surface area contributed by atoms with Gasteiger partial charge < -0.3 is 15.5 Å². The maximum Gasteiger partial charge on any atom is 0.121 e. The highest BCUT2D eigenvalue weighted by Crippen LogP contribution is 2.32. The summed E-state index contributed by atoms with van der Waals surface area (Å²) in [5.41, 5.74) is 2.88. The van der Waals surface area contributed by atoms with Gasteiger partial charge >= 0.3 is 0 Å². The molecule has 2 rings (SSSR count). The second kappa shape index (κ2) is 6.15. The zero-order valence-electron chi connectivity index (χ0n) is 12.9. The third-order valence-corrected chi connectivity index (χ3v) is 4.75. The van der Waals surface area contributed by atoms with Crippen molar-refractivity contribution >= 4 is 0 Å². The Morgan fingerprint density at radius 2 is 1.75 bits per heavy atom. The second-order valence-electron chi connectivity index (χ2n) is 6.55. The van der Waals surface area contributed by atoms with Crippen molar-refractivity contribution in [3.8, 4) is 5.75 Å². The first-order valence-electron chi connectivity index (χ1n) is 7.61. The van der Waals surface area contributed by atoms with E-state index in [2.05, 4.69) is 12.2 Å². The summed E-state index contributed by atoms with van der Waals surface area (Å²) in [5.74, 6) is 1.16. The summed E-state index contributed by atoms with van der Waals surface area (Å²) in [6.45, 7) is 7.09. The van der Waals surface area contributed by atoms with Gasteiger partial charge in [0.05, 0.1) is 6.61 Å². The summed E-state index contributed by atoms with van der Waals surface area (Å²) in [6.07, 6.45) is 4.45. The van der Waals surface area contributed by atoms with Crippen molar-refractivity contribution in [3.63, 3.8) is 0 Å². The molecule has 0 spiro atoms. The van der Waals surface area contributed by atoms with Crippen molar-refractivity contribution in [2.75, 3.05) is 6.61 Å². The second-order valence-corrected chi connectivity index (χ2v) is 6.55. The maximum absolute atomic E-state index is 9.81. The minimum absolute atomic E-state index is 0.119. The summed E-state index contributed by atoms with van der Waals surface area (Å²) in [5, 5.41) is 23.1. The Labute approximate surface area is 122 Å². The number of nitrogens with one attached hydrogen (secondary N) is 1. The van der Waals surface area contributed by atoms with Gasteiger partial charge in [0.2, 0.25) is 0 Å². The van der Waals surface area contributed by atoms with Crippen LogP contribution < -0.4 is 5.32 Å². The number of aliphatic hydroxyl groups excluding tert-OH is 1. The van der Waals surface area contributed by atoms with Crippen molar-refractivity contribution in [1.29, 1.82) is 0 Å². The van der Waals surface area contributed by atoms with Crippen LogP contribution >= 0.6 is 0 Å². The molecule has 3 nitrogen and oxygen atoms in total. The van der Waals surface area contributed by atoms with E-state index in [1.165, 1.54) is 18.4 Å². The van der Waals surface area contributed by atoms with Crippen LogP contribution in [0.4, 0.5) is 0 Å². The number of phenols is 1. The summed E-state index contributed by atoms with van der Waals surface area (Å²) in [7, 11) is 0. The van der Waals surface area contributed by atoms with Gasteiger partial charge in [0.15, 0.2) is 0 Å². The fraction of sp³-hybridized carbons (Fsp3) is 0.647. The zero-order chi connectivity index (χ0) is 14.8. The Morgan fingerprint density at radius 3 is 2.25 bits per heavy atom. The van der Waals surface area contributed by atoms with Gasteiger partial charge in [-0.05, 0) is 62.1 Å². The van der Waals surface area contributed by atoms with Crippen molar-refractivity contribution < 1.29 is 10.2 Å². The Bertz CT molecular complexity index is 439. The van der Waals surface area contributed by atoms with Crippen LogP contribution in [-0.4, -0.2) is 22.4 Å². The Morgan fingerprint density at radius 1 is 1.20 bits per heavy atom. The van der Waals surface area contributed by atoms with Crippen molar-refractivity contribution in [2.24, 2.45) is 5.92 Å². The summed E-state index contributed by atoms with van der Waals surface area (Å²) in [4.78, 5) is 0. The first-order valence-corrected chi connectivity index (χ1v) is 7.61. The van der Waals surface area contributed by atoms with Crippen LogP contribution in [0.5, 0.6) is 5.75 Å². The van der Waals surface area contributed by atoms with Crippen LogP contribution in [-0.2, 0) is 6.54 Å². The van der Waals surface area contributed by atoms with E-state index < -0.39 is 0 Å². The third-order valence-electron chi connectivity index (χ3n) is 4.75. The van der Waals surface area contributed by atoms with E-state index in [9.17, 15) is 10.2 Å². The first kappa shape index (κ1) is 15.3. The maximum atomic E-state index is 9.81. The average molecular weight is 277 g/mol. The average Bonchev–Trinajstić information content (AvgIpc) is 2.44. The van der Waals surface area contributed by atoms with E-state index in [0.717, 1.165) is 36.4 Å². The van der Waals surface area contributed by atoms with E-state index >= 15 is 0 Å². The number of benzene rings is 1. The molecule has 1 aromatic rings. The van der Waals surface area contributed by atoms with E-state index in [0.29, 0.717) is 5.75 Å². The summed E-state index contributed by atoms with van der Waals surface area (Å²) in [6, 6.07) is 4.04. The van der Waals surface area contributed by atoms with Crippen molar-refractivity contribution in [3.05, 3.63) is 28.8 Å². The lowest BCUT2D eigenvalue weighted by Crippen LogP contribution is -2.50. The number of phenolic OH excluding ortho intramolecular Hbond substituents is 1. The van der Waals surface area contributed by atoms with Gasteiger partial charge in [-0.2, -0.15) is 0 Å². The predicted octanol–water partition coefficient (Wildman–Crippen LogP) is 3.04. The standard InChI is InChI=1S/C17H27NO2/c1-12-4-6-17(11-19,7-5-12)18-10-15-8-13(2)16(20)14(3)9-15/h8-9,12,18-20H,4-7,10-11H2,1-3H3. The number of aromatic hydroxyl groups is 1. The van der Waals surface area contributed by atoms with Crippen LogP contribution in [0.25, 0.3) is 0 Å². The highest BCUT2D eigenvalue weighted by atomic mass is 16.3. The Kier molecular flexibility index (Phi) is 4.71.